The molecule has 0 saturated heterocycles. The van der Waals surface area contributed by atoms with Gasteiger partial charge in [0.05, 0.1) is 11.8 Å². The minimum atomic E-state index is 0.320. The molecular weight excluding hydrogens is 224 g/mol. The molecule has 2 rings (SSSR count). The standard InChI is InChI=1S/C14H18N4/c15-11-12-18(14-9-5-2-6-10-14)17-16-13-7-3-1-4-8-13/h1,3-4,7-8,14H,2,5-6,9-10,12H2. The number of hydrogen-bond acceptors (Lipinski definition) is 3. The molecule has 1 aromatic rings. The second-order valence-electron chi connectivity index (χ2n) is 4.57. The van der Waals surface area contributed by atoms with Gasteiger partial charge in [-0.3, -0.25) is 5.01 Å². The Morgan fingerprint density at radius 3 is 2.56 bits per heavy atom. The van der Waals surface area contributed by atoms with Crippen molar-refractivity contribution in [2.45, 2.75) is 38.1 Å². The van der Waals surface area contributed by atoms with E-state index < -0.39 is 0 Å². The van der Waals surface area contributed by atoms with Gasteiger partial charge in [-0.15, -0.1) is 5.11 Å². The van der Waals surface area contributed by atoms with Crippen molar-refractivity contribution < 1.29 is 0 Å². The molecule has 1 fully saturated rings. The van der Waals surface area contributed by atoms with Gasteiger partial charge in [0.2, 0.25) is 0 Å². The first-order valence-corrected chi connectivity index (χ1v) is 6.50. The first-order chi connectivity index (χ1) is 8.90. The molecule has 0 N–H and O–H groups in total. The van der Waals surface area contributed by atoms with Crippen molar-refractivity contribution in [3.63, 3.8) is 0 Å². The Morgan fingerprint density at radius 1 is 1.17 bits per heavy atom. The maximum absolute atomic E-state index is 8.87. The first kappa shape index (κ1) is 12.6. The molecular formula is C14H18N4. The molecule has 0 radical (unpaired) electrons. The SMILES string of the molecule is N#CCN(N=Nc1ccccc1)C1CCCCC1. The number of benzene rings is 1. The average Bonchev–Trinajstić information content (AvgIpc) is 2.45. The molecule has 0 atom stereocenters. The predicted octanol–water partition coefficient (Wildman–Crippen LogP) is 3.84. The molecule has 1 aliphatic rings. The van der Waals surface area contributed by atoms with Crippen LogP contribution in [-0.2, 0) is 0 Å². The molecule has 0 aromatic heterocycles. The summed E-state index contributed by atoms with van der Waals surface area (Å²) in [5.74, 6) is 0. The highest BCUT2D eigenvalue weighted by Crippen LogP contribution is 2.23. The van der Waals surface area contributed by atoms with Crippen LogP contribution >= 0.6 is 0 Å². The lowest BCUT2D eigenvalue weighted by atomic mass is 9.95. The van der Waals surface area contributed by atoms with E-state index in [0.717, 1.165) is 18.5 Å². The Morgan fingerprint density at radius 2 is 1.89 bits per heavy atom. The average molecular weight is 242 g/mol. The Hall–Kier alpha value is -1.89. The van der Waals surface area contributed by atoms with Gasteiger partial charge in [-0.25, -0.2) is 0 Å². The third-order valence-corrected chi connectivity index (χ3v) is 3.26. The minimum Gasteiger partial charge on any atom is -0.261 e. The second-order valence-corrected chi connectivity index (χ2v) is 4.57. The molecule has 0 heterocycles. The van der Waals surface area contributed by atoms with Crippen molar-refractivity contribution in [2.75, 3.05) is 6.54 Å². The van der Waals surface area contributed by atoms with Crippen molar-refractivity contribution in [3.8, 4) is 6.07 Å². The first-order valence-electron chi connectivity index (χ1n) is 6.50. The van der Waals surface area contributed by atoms with Crippen LogP contribution in [0.25, 0.3) is 0 Å². The molecule has 0 bridgehead atoms. The quantitative estimate of drug-likeness (QED) is 0.457. The lowest BCUT2D eigenvalue weighted by Crippen LogP contribution is -2.32. The van der Waals surface area contributed by atoms with E-state index in [0.29, 0.717) is 12.6 Å². The number of nitrogens with zero attached hydrogens (tertiary/aromatic N) is 4. The zero-order chi connectivity index (χ0) is 12.6. The normalized spacial score (nSPS) is 16.6. The summed E-state index contributed by atoms with van der Waals surface area (Å²) in [6.07, 6.45) is 6.00. The monoisotopic (exact) mass is 242 g/mol. The predicted molar refractivity (Wildman–Crippen MR) is 70.2 cm³/mol. The maximum Gasteiger partial charge on any atom is 0.125 e. The van der Waals surface area contributed by atoms with Crippen LogP contribution in [0.2, 0.25) is 0 Å². The van der Waals surface area contributed by atoms with Crippen molar-refractivity contribution in [3.05, 3.63) is 30.3 Å². The summed E-state index contributed by atoms with van der Waals surface area (Å²) in [6, 6.07) is 12.2. The van der Waals surface area contributed by atoms with Crippen LogP contribution in [0.3, 0.4) is 0 Å². The zero-order valence-corrected chi connectivity index (χ0v) is 10.5. The van der Waals surface area contributed by atoms with Gasteiger partial charge in [0.25, 0.3) is 0 Å². The van der Waals surface area contributed by atoms with Crippen LogP contribution in [0, 0.1) is 11.3 Å². The van der Waals surface area contributed by atoms with Crippen molar-refractivity contribution in [1.29, 1.82) is 5.26 Å². The summed E-state index contributed by atoms with van der Waals surface area (Å²) >= 11 is 0. The van der Waals surface area contributed by atoms with Crippen LogP contribution < -0.4 is 0 Å². The van der Waals surface area contributed by atoms with Gasteiger partial charge < -0.3 is 0 Å². The molecule has 0 aliphatic heterocycles. The fourth-order valence-electron chi connectivity index (χ4n) is 2.29. The summed E-state index contributed by atoms with van der Waals surface area (Å²) in [4.78, 5) is 0. The minimum absolute atomic E-state index is 0.320. The third kappa shape index (κ3) is 3.56. The Kier molecular flexibility index (Phi) is 4.71. The highest BCUT2D eigenvalue weighted by atomic mass is 15.5. The Balaban J connectivity index is 2.01. The molecule has 4 nitrogen and oxygen atoms in total. The number of rotatable bonds is 4. The maximum atomic E-state index is 8.87. The summed E-state index contributed by atoms with van der Waals surface area (Å²) < 4.78 is 0. The molecule has 1 saturated carbocycles. The molecule has 4 heteroatoms. The van der Waals surface area contributed by atoms with Gasteiger partial charge in [-0.2, -0.15) is 5.26 Å². The molecule has 94 valence electrons. The third-order valence-electron chi connectivity index (χ3n) is 3.26. The summed E-state index contributed by atoms with van der Waals surface area (Å²) in [6.45, 7) is 0.320. The van der Waals surface area contributed by atoms with Gasteiger partial charge >= 0.3 is 0 Å². The molecule has 18 heavy (non-hydrogen) atoms. The van der Waals surface area contributed by atoms with E-state index in [1.165, 1.54) is 19.3 Å². The van der Waals surface area contributed by atoms with Crippen LogP contribution in [-0.4, -0.2) is 17.6 Å². The molecule has 0 unspecified atom stereocenters. The van der Waals surface area contributed by atoms with E-state index >= 15 is 0 Å². The van der Waals surface area contributed by atoms with Gasteiger partial charge in [0.1, 0.15) is 6.54 Å². The fourth-order valence-corrected chi connectivity index (χ4v) is 2.29. The summed E-state index contributed by atoms with van der Waals surface area (Å²) in [5.41, 5.74) is 0.830. The van der Waals surface area contributed by atoms with E-state index in [-0.39, 0.29) is 0 Å². The molecule has 1 aliphatic carbocycles. The summed E-state index contributed by atoms with van der Waals surface area (Å²) in [7, 11) is 0. The zero-order valence-electron chi connectivity index (χ0n) is 10.5. The van der Waals surface area contributed by atoms with Gasteiger partial charge in [0, 0.05) is 6.04 Å². The number of hydrogen-bond donors (Lipinski definition) is 0. The van der Waals surface area contributed by atoms with Crippen molar-refractivity contribution >= 4 is 5.69 Å². The van der Waals surface area contributed by atoms with E-state index in [9.17, 15) is 0 Å². The largest absolute Gasteiger partial charge is 0.261 e. The lowest BCUT2D eigenvalue weighted by Gasteiger charge is -2.29. The van der Waals surface area contributed by atoms with Crippen LogP contribution in [0.15, 0.2) is 40.7 Å². The van der Waals surface area contributed by atoms with E-state index in [4.69, 9.17) is 5.26 Å². The highest BCUT2D eigenvalue weighted by Gasteiger charge is 2.19. The smallest absolute Gasteiger partial charge is 0.125 e. The molecule has 1 aromatic carbocycles. The van der Waals surface area contributed by atoms with Crippen molar-refractivity contribution in [1.82, 2.24) is 5.01 Å². The van der Waals surface area contributed by atoms with Gasteiger partial charge in [-0.1, -0.05) is 42.7 Å². The van der Waals surface area contributed by atoms with Crippen molar-refractivity contribution in [2.24, 2.45) is 10.3 Å². The Labute approximate surface area is 108 Å². The fraction of sp³-hybridized carbons (Fsp3) is 0.500. The molecule has 0 amide bonds. The summed E-state index contributed by atoms with van der Waals surface area (Å²) in [5, 5.41) is 19.2. The lowest BCUT2D eigenvalue weighted by molar-refractivity contribution is 0.170. The molecule has 0 spiro atoms. The van der Waals surface area contributed by atoms with E-state index in [1.807, 2.05) is 35.3 Å². The highest BCUT2D eigenvalue weighted by molar-refractivity contribution is 5.34. The topological polar surface area (TPSA) is 51.8 Å². The van der Waals surface area contributed by atoms with E-state index in [2.05, 4.69) is 16.4 Å². The number of nitriles is 1. The van der Waals surface area contributed by atoms with Crippen LogP contribution in [0.4, 0.5) is 5.69 Å². The van der Waals surface area contributed by atoms with Gasteiger partial charge in [-0.05, 0) is 25.0 Å². The van der Waals surface area contributed by atoms with Crippen LogP contribution in [0.1, 0.15) is 32.1 Å². The van der Waals surface area contributed by atoms with E-state index in [1.54, 1.807) is 0 Å². The second kappa shape index (κ2) is 6.75. The van der Waals surface area contributed by atoms with Gasteiger partial charge in [0.15, 0.2) is 0 Å². The Bertz CT molecular complexity index is 415. The van der Waals surface area contributed by atoms with Crippen LogP contribution in [0.5, 0.6) is 0 Å².